The number of rotatable bonds is 5. The van der Waals surface area contributed by atoms with Crippen molar-refractivity contribution in [3.8, 4) is 0 Å². The van der Waals surface area contributed by atoms with Gasteiger partial charge in [-0.25, -0.2) is 0 Å². The van der Waals surface area contributed by atoms with Crippen LogP contribution in [0.25, 0.3) is 0 Å². The van der Waals surface area contributed by atoms with Gasteiger partial charge in [-0.3, -0.25) is 0 Å². The lowest BCUT2D eigenvalue weighted by Gasteiger charge is -2.11. The van der Waals surface area contributed by atoms with E-state index in [2.05, 4.69) is 31.3 Å². The predicted octanol–water partition coefficient (Wildman–Crippen LogP) is 3.90. The molecule has 0 bridgehead atoms. The minimum absolute atomic E-state index is 0.411. The van der Waals surface area contributed by atoms with Crippen LogP contribution < -0.4 is 5.32 Å². The van der Waals surface area contributed by atoms with E-state index in [-0.39, 0.29) is 0 Å². The molecule has 1 aromatic rings. The zero-order chi connectivity index (χ0) is 11.3. The number of halogens is 2. The standard InChI is InChI=1S/C11H15Cl2NS/c1-8(14-7-10(13)6-12)5-11-4-3-9(2)15-11/h3-4,6,8,14H,5,7H2,1-2H3. The van der Waals surface area contributed by atoms with Crippen molar-refractivity contribution in [2.45, 2.75) is 26.3 Å². The lowest BCUT2D eigenvalue weighted by molar-refractivity contribution is 0.582. The zero-order valence-electron chi connectivity index (χ0n) is 8.89. The van der Waals surface area contributed by atoms with Crippen LogP contribution in [0.15, 0.2) is 22.7 Å². The van der Waals surface area contributed by atoms with Crippen molar-refractivity contribution in [2.24, 2.45) is 0 Å². The summed E-state index contributed by atoms with van der Waals surface area (Å²) in [4.78, 5) is 2.76. The fourth-order valence-corrected chi connectivity index (χ4v) is 2.45. The minimum atomic E-state index is 0.411. The average Bonchev–Trinajstić information content (AvgIpc) is 2.60. The van der Waals surface area contributed by atoms with Crippen molar-refractivity contribution in [1.29, 1.82) is 0 Å². The summed E-state index contributed by atoms with van der Waals surface area (Å²) in [5.41, 5.74) is 1.40. The summed E-state index contributed by atoms with van der Waals surface area (Å²) in [7, 11) is 0. The molecular weight excluding hydrogens is 249 g/mol. The molecule has 1 rings (SSSR count). The predicted molar refractivity (Wildman–Crippen MR) is 70.0 cm³/mol. The van der Waals surface area contributed by atoms with Gasteiger partial charge in [0.2, 0.25) is 0 Å². The second-order valence-corrected chi connectivity index (χ2v) is 5.63. The third-order valence-electron chi connectivity index (χ3n) is 2.04. The highest BCUT2D eigenvalue weighted by atomic mass is 35.5. The van der Waals surface area contributed by atoms with Gasteiger partial charge in [0, 0.05) is 32.9 Å². The molecule has 1 heterocycles. The van der Waals surface area contributed by atoms with Gasteiger partial charge in [-0.2, -0.15) is 0 Å². The molecule has 0 spiro atoms. The summed E-state index contributed by atoms with van der Waals surface area (Å²) in [5, 5.41) is 3.96. The Kier molecular flexibility index (Phi) is 5.69. The van der Waals surface area contributed by atoms with Gasteiger partial charge in [0.05, 0.1) is 0 Å². The van der Waals surface area contributed by atoms with Crippen molar-refractivity contribution in [1.82, 2.24) is 5.32 Å². The van der Waals surface area contributed by atoms with E-state index in [0.717, 1.165) is 6.42 Å². The summed E-state index contributed by atoms with van der Waals surface area (Å²) in [6, 6.07) is 4.74. The molecule has 0 aliphatic heterocycles. The van der Waals surface area contributed by atoms with Crippen molar-refractivity contribution in [2.75, 3.05) is 6.54 Å². The van der Waals surface area contributed by atoms with E-state index in [1.165, 1.54) is 15.3 Å². The Morgan fingerprint density at radius 3 is 2.87 bits per heavy atom. The maximum atomic E-state index is 5.79. The number of nitrogens with one attached hydrogen (secondary N) is 1. The average molecular weight is 264 g/mol. The summed E-state index contributed by atoms with van der Waals surface area (Å²) in [6.45, 7) is 4.91. The molecule has 0 fully saturated rings. The van der Waals surface area contributed by atoms with Gasteiger partial charge in [-0.05, 0) is 32.4 Å². The molecule has 1 aromatic heterocycles. The first-order valence-corrected chi connectivity index (χ1v) is 6.48. The smallest absolute Gasteiger partial charge is 0.0431 e. The van der Waals surface area contributed by atoms with Crippen LogP contribution in [0.4, 0.5) is 0 Å². The number of hydrogen-bond acceptors (Lipinski definition) is 2. The largest absolute Gasteiger partial charge is 0.309 e. The highest BCUT2D eigenvalue weighted by Gasteiger charge is 2.05. The molecule has 0 saturated heterocycles. The summed E-state index contributed by atoms with van der Waals surface area (Å²) < 4.78 is 0. The summed E-state index contributed by atoms with van der Waals surface area (Å²) in [6.07, 6.45) is 1.03. The molecular formula is C11H15Cl2NS. The molecule has 4 heteroatoms. The Balaban J connectivity index is 2.33. The Bertz CT molecular complexity index is 333. The normalized spacial score (nSPS) is 14.3. The number of thiophene rings is 1. The van der Waals surface area contributed by atoms with Gasteiger partial charge < -0.3 is 5.32 Å². The van der Waals surface area contributed by atoms with Crippen molar-refractivity contribution < 1.29 is 0 Å². The SMILES string of the molecule is Cc1ccc(CC(C)NCC(Cl)=CCl)s1. The van der Waals surface area contributed by atoms with Gasteiger partial charge in [0.15, 0.2) is 0 Å². The third kappa shape index (κ3) is 5.03. The lowest BCUT2D eigenvalue weighted by Crippen LogP contribution is -2.28. The zero-order valence-corrected chi connectivity index (χ0v) is 11.2. The first-order chi connectivity index (χ1) is 7.11. The van der Waals surface area contributed by atoms with Crippen LogP contribution >= 0.6 is 34.5 Å². The topological polar surface area (TPSA) is 12.0 Å². The highest BCUT2D eigenvalue weighted by Crippen LogP contribution is 2.16. The van der Waals surface area contributed by atoms with Crippen molar-refractivity contribution in [3.05, 3.63) is 32.5 Å². The van der Waals surface area contributed by atoms with Gasteiger partial charge in [-0.15, -0.1) is 11.3 Å². The Morgan fingerprint density at radius 2 is 2.33 bits per heavy atom. The van der Waals surface area contributed by atoms with E-state index in [9.17, 15) is 0 Å². The first kappa shape index (κ1) is 13.0. The summed E-state index contributed by atoms with van der Waals surface area (Å²) in [5.74, 6) is 0. The van der Waals surface area contributed by atoms with Crippen LogP contribution in [0.3, 0.4) is 0 Å². The van der Waals surface area contributed by atoms with Crippen LogP contribution in [0.1, 0.15) is 16.7 Å². The molecule has 1 atom stereocenters. The monoisotopic (exact) mass is 263 g/mol. The van der Waals surface area contributed by atoms with E-state index in [1.807, 2.05) is 11.3 Å². The molecule has 0 saturated carbocycles. The van der Waals surface area contributed by atoms with Crippen LogP contribution in [-0.4, -0.2) is 12.6 Å². The summed E-state index contributed by atoms with van der Waals surface area (Å²) >= 11 is 13.1. The van der Waals surface area contributed by atoms with Gasteiger partial charge >= 0.3 is 0 Å². The minimum Gasteiger partial charge on any atom is -0.309 e. The maximum Gasteiger partial charge on any atom is 0.0431 e. The number of hydrogen-bond donors (Lipinski definition) is 1. The second kappa shape index (κ2) is 6.54. The van der Waals surface area contributed by atoms with Crippen LogP contribution in [0.2, 0.25) is 0 Å². The van der Waals surface area contributed by atoms with Gasteiger partial charge in [0.1, 0.15) is 0 Å². The van der Waals surface area contributed by atoms with E-state index in [1.54, 1.807) is 0 Å². The van der Waals surface area contributed by atoms with Crippen molar-refractivity contribution in [3.63, 3.8) is 0 Å². The van der Waals surface area contributed by atoms with Crippen LogP contribution in [-0.2, 0) is 6.42 Å². The molecule has 0 radical (unpaired) electrons. The fourth-order valence-electron chi connectivity index (χ4n) is 1.28. The molecule has 84 valence electrons. The van der Waals surface area contributed by atoms with E-state index < -0.39 is 0 Å². The lowest BCUT2D eigenvalue weighted by atomic mass is 10.2. The highest BCUT2D eigenvalue weighted by molar-refractivity contribution is 7.11. The first-order valence-electron chi connectivity index (χ1n) is 4.85. The maximum absolute atomic E-state index is 5.79. The molecule has 1 N–H and O–H groups in total. The second-order valence-electron chi connectivity index (χ2n) is 3.55. The Morgan fingerprint density at radius 1 is 1.60 bits per heavy atom. The quantitative estimate of drug-likeness (QED) is 0.850. The van der Waals surface area contributed by atoms with Gasteiger partial charge in [-0.1, -0.05) is 23.2 Å². The van der Waals surface area contributed by atoms with Crippen LogP contribution in [0, 0.1) is 6.92 Å². The Hall–Kier alpha value is -0.0200. The van der Waals surface area contributed by atoms with Crippen molar-refractivity contribution >= 4 is 34.5 Å². The molecule has 0 aromatic carbocycles. The molecule has 1 unspecified atom stereocenters. The van der Waals surface area contributed by atoms with E-state index in [4.69, 9.17) is 23.2 Å². The molecule has 0 amide bonds. The molecule has 0 aliphatic carbocycles. The van der Waals surface area contributed by atoms with E-state index >= 15 is 0 Å². The third-order valence-corrected chi connectivity index (χ3v) is 3.68. The van der Waals surface area contributed by atoms with Crippen LogP contribution in [0.5, 0.6) is 0 Å². The molecule has 0 aliphatic rings. The number of aryl methyl sites for hydroxylation is 1. The Labute approximate surface area is 105 Å². The van der Waals surface area contributed by atoms with Gasteiger partial charge in [0.25, 0.3) is 0 Å². The van der Waals surface area contributed by atoms with E-state index in [0.29, 0.717) is 17.6 Å². The molecule has 1 nitrogen and oxygen atoms in total. The fraction of sp³-hybridized carbons (Fsp3) is 0.455. The molecule has 15 heavy (non-hydrogen) atoms.